The van der Waals surface area contributed by atoms with Crippen LogP contribution < -0.4 is 14.2 Å². The normalized spacial score (nSPS) is 13.0. The van der Waals surface area contributed by atoms with Gasteiger partial charge in [-0.05, 0) is 225 Å². The molecule has 0 bridgehead atoms. The van der Waals surface area contributed by atoms with Crippen molar-refractivity contribution in [3.8, 4) is 49.9 Å². The number of carbonyl (C=O) groups excluding carboxylic acids is 3. The number of nitrogens with zero attached hydrogens (tertiary/aromatic N) is 3. The van der Waals surface area contributed by atoms with Crippen LogP contribution in [0.15, 0.2) is 197 Å². The molecule has 3 aromatic heterocycles. The van der Waals surface area contributed by atoms with Crippen LogP contribution in [0.1, 0.15) is 191 Å². The zero-order valence-electron chi connectivity index (χ0n) is 63.4. The van der Waals surface area contributed by atoms with Gasteiger partial charge in [-0.3, -0.25) is 28.8 Å². The molecule has 3 atom stereocenters. The zero-order chi connectivity index (χ0) is 76.7. The molecule has 3 N–H and O–H groups in total. The second-order valence-electron chi connectivity index (χ2n) is 24.6. The van der Waals surface area contributed by atoms with E-state index in [1.165, 1.54) is 4.90 Å². The zero-order valence-corrected chi connectivity index (χ0v) is 61.8. The Bertz CT molecular complexity index is 4000. The second kappa shape index (κ2) is 43.4. The highest BCUT2D eigenvalue weighted by molar-refractivity contribution is 7.13. The van der Waals surface area contributed by atoms with E-state index < -0.39 is 36.4 Å². The van der Waals surface area contributed by atoms with Gasteiger partial charge in [-0.1, -0.05) is 118 Å². The number of carboxylic acids is 3. The third-order valence-corrected chi connectivity index (χ3v) is 19.5. The van der Waals surface area contributed by atoms with Crippen molar-refractivity contribution in [2.24, 2.45) is 0 Å². The minimum absolute atomic E-state index is 0.124. The average Bonchev–Trinajstić information content (AvgIpc) is 0.795. The van der Waals surface area contributed by atoms with Gasteiger partial charge in [0.1, 0.15) is 17.2 Å². The lowest BCUT2D eigenvalue weighted by molar-refractivity contribution is -0.138. The summed E-state index contributed by atoms with van der Waals surface area (Å²) in [6.45, 7) is 10.8. The maximum atomic E-state index is 13.7. The third kappa shape index (κ3) is 25.9. The topological polar surface area (TPSA) is 201 Å². The first-order valence-electron chi connectivity index (χ1n) is 37.0. The number of rotatable bonds is 39. The van der Waals surface area contributed by atoms with E-state index in [9.17, 15) is 28.8 Å². The predicted molar refractivity (Wildman–Crippen MR) is 412 cm³/mol. The Morgan fingerprint density at radius 1 is 0.402 bits per heavy atom. The molecule has 3 amide bonds. The summed E-state index contributed by atoms with van der Waals surface area (Å²) in [6.07, 6.45) is 8.28. The monoisotopic (exact) mass is 1440 g/mol. The number of aliphatic carboxylic acids is 3. The van der Waals surface area contributed by atoms with Gasteiger partial charge in [-0.15, -0.1) is 11.3 Å². The molecule has 0 saturated heterocycles. The Balaban J connectivity index is 0.000000222. The Morgan fingerprint density at radius 2 is 0.765 bits per heavy atom. The number of carboxylic acid groups (broad SMARTS) is 3. The van der Waals surface area contributed by atoms with E-state index >= 15 is 0 Å². The molecule has 3 heterocycles. The van der Waals surface area contributed by atoms with Gasteiger partial charge in [0.2, 0.25) is 0 Å². The maximum Gasteiger partial charge on any atom is 0.303 e. The molecule has 0 fully saturated rings. The first kappa shape index (κ1) is 73.8. The van der Waals surface area contributed by atoms with Crippen LogP contribution >= 0.6 is 34.0 Å². The predicted octanol–water partition coefficient (Wildman–Crippen LogP) is 20.6. The molecule has 540 valence electrons. The van der Waals surface area contributed by atoms with Gasteiger partial charge in [0, 0.05) is 95.2 Å². The molecule has 0 aliphatic heterocycles. The number of thiophene rings is 3. The summed E-state index contributed by atoms with van der Waals surface area (Å²) in [5.41, 5.74) is 8.83. The van der Waals surface area contributed by atoms with Gasteiger partial charge in [0.05, 0.1) is 25.3 Å². The number of ether oxygens (including phenoxy) is 3. The summed E-state index contributed by atoms with van der Waals surface area (Å²) in [4.78, 5) is 78.4. The Morgan fingerprint density at radius 3 is 1.11 bits per heavy atom. The van der Waals surface area contributed by atoms with E-state index in [2.05, 4.69) is 17.5 Å². The molecule has 102 heavy (non-hydrogen) atoms. The minimum Gasteiger partial charge on any atom is -0.493 e. The maximum absolute atomic E-state index is 13.7. The van der Waals surface area contributed by atoms with Gasteiger partial charge < -0.3 is 44.2 Å². The Labute approximate surface area is 620 Å². The number of hydrogen-bond donors (Lipinski definition) is 3. The van der Waals surface area contributed by atoms with Crippen LogP contribution in [0.25, 0.3) is 32.7 Å². The van der Waals surface area contributed by atoms with Crippen molar-refractivity contribution in [3.05, 3.63) is 230 Å². The molecule has 0 aliphatic rings. The van der Waals surface area contributed by atoms with Crippen LogP contribution in [-0.4, -0.2) is 104 Å². The Hall–Kier alpha value is -9.36. The number of para-hydroxylation sites is 3. The fourth-order valence-electron chi connectivity index (χ4n) is 10.7. The fraction of sp³-hybridized carbons (Fsp3) is 0.357. The molecule has 0 saturated carbocycles. The first-order valence-corrected chi connectivity index (χ1v) is 37.8. The molecule has 6 aromatic carbocycles. The lowest BCUT2D eigenvalue weighted by Gasteiger charge is -2.29. The summed E-state index contributed by atoms with van der Waals surface area (Å²) >= 11 is 4.90. The molecule has 15 nitrogen and oxygen atoms in total. The molecule has 3 unspecified atom stereocenters. The SMILES string of the molecule is [2H]C(C)(CC)N(Cc1ccccc1OCCCCCC(=O)O)C(=O)c1ccc(-c2cccs2)cc1.[2H]C(C)(CC)N(Cc1ccccc1OCCCCCC(=O)O)C(=O)c1ccc(-c2ccsc2)cc1.[2H]C([2H])(c1ccccc1OCCCCCC(=O)O)N(C(=O)c1ccc(-c2ccsc2)cc1)C(C)CC. The van der Waals surface area contributed by atoms with E-state index in [1.54, 1.807) is 94.1 Å². The number of carbonyl (C=O) groups is 6. The van der Waals surface area contributed by atoms with Crippen LogP contribution in [0.5, 0.6) is 17.2 Å². The molecule has 0 spiro atoms. The van der Waals surface area contributed by atoms with Crippen molar-refractivity contribution < 1.29 is 63.8 Å². The standard InChI is InChI=1S/3C28H33NO4S/c1-3-21(2)29(28(32)23-16-14-22(15-17-23)26-12-9-19-34-26)20-24-10-6-7-11-25(24)33-18-8-4-5-13-27(30)31;2*1-3-21(2)29(28(32)23-14-12-22(13-15-23)25-16-18-34-20-25)19-24-9-6-7-10-26(24)33-17-8-4-5-11-27(30)31/h6-7,9-12,14-17,19,21H,3-5,8,13,18,20H2,1-2H3,(H,30,31);2*6-7,9-10,12-16,18,20-21H,3-5,8,11,17,19H2,1-2H3,(H,30,31)/i2*21D;19D2. The van der Waals surface area contributed by atoms with Crippen LogP contribution in [0.4, 0.5) is 0 Å². The largest absolute Gasteiger partial charge is 0.493 e. The van der Waals surface area contributed by atoms with Gasteiger partial charge in [0.25, 0.3) is 17.7 Å². The molecular formula is C84H99N3O12S3. The van der Waals surface area contributed by atoms with E-state index in [-0.39, 0.29) is 56.1 Å². The van der Waals surface area contributed by atoms with E-state index in [1.807, 2.05) is 171 Å². The second-order valence-corrected chi connectivity index (χ2v) is 27.1. The average molecular weight is 1440 g/mol. The van der Waals surface area contributed by atoms with Crippen LogP contribution in [0.3, 0.4) is 0 Å². The molecular weight excluding hydrogens is 1340 g/mol. The van der Waals surface area contributed by atoms with Gasteiger partial charge >= 0.3 is 17.9 Å². The summed E-state index contributed by atoms with van der Waals surface area (Å²) in [5, 5.41) is 36.5. The molecule has 9 rings (SSSR count). The molecule has 9 aromatic rings. The van der Waals surface area contributed by atoms with Crippen molar-refractivity contribution >= 4 is 69.6 Å². The van der Waals surface area contributed by atoms with Crippen LogP contribution in [0.2, 0.25) is 0 Å². The summed E-state index contributed by atoms with van der Waals surface area (Å²) in [5.74, 6) is -1.38. The lowest BCUT2D eigenvalue weighted by atomic mass is 10.0. The van der Waals surface area contributed by atoms with Crippen LogP contribution in [0, 0.1) is 0 Å². The fourth-order valence-corrected chi connectivity index (χ4v) is 12.8. The Kier molecular flexibility index (Phi) is 31.5. The van der Waals surface area contributed by atoms with E-state index in [0.717, 1.165) is 69.5 Å². The van der Waals surface area contributed by atoms with Gasteiger partial charge in [0.15, 0.2) is 0 Å². The van der Waals surface area contributed by atoms with Crippen molar-refractivity contribution in [1.82, 2.24) is 14.7 Å². The molecule has 0 radical (unpaired) electrons. The minimum atomic E-state index is -2.11. The highest BCUT2D eigenvalue weighted by Crippen LogP contribution is 2.31. The summed E-state index contributed by atoms with van der Waals surface area (Å²) in [7, 11) is 0. The lowest BCUT2D eigenvalue weighted by Crippen LogP contribution is -2.37. The van der Waals surface area contributed by atoms with Gasteiger partial charge in [-0.2, -0.15) is 22.7 Å². The summed E-state index contributed by atoms with van der Waals surface area (Å²) < 4.78 is 53.7. The number of amides is 3. The van der Waals surface area contributed by atoms with E-state index in [0.29, 0.717) is 111 Å². The highest BCUT2D eigenvalue weighted by Gasteiger charge is 2.26. The quantitative estimate of drug-likeness (QED) is 0.0308. The summed E-state index contributed by atoms with van der Waals surface area (Å²) in [6, 6.07) is 50.0. The van der Waals surface area contributed by atoms with Crippen molar-refractivity contribution in [1.29, 1.82) is 0 Å². The van der Waals surface area contributed by atoms with Crippen LogP contribution in [-0.2, 0) is 34.0 Å². The number of unbranched alkanes of at least 4 members (excludes halogenated alkanes) is 6. The number of hydrogen-bond acceptors (Lipinski definition) is 12. The molecule has 18 heteroatoms. The molecule has 0 aliphatic carbocycles. The van der Waals surface area contributed by atoms with Crippen molar-refractivity contribution in [2.45, 2.75) is 176 Å². The third-order valence-electron chi connectivity index (χ3n) is 17.2. The van der Waals surface area contributed by atoms with E-state index in [4.69, 9.17) is 35.0 Å². The first-order chi connectivity index (χ1) is 50.9. The van der Waals surface area contributed by atoms with Crippen molar-refractivity contribution in [2.75, 3.05) is 19.8 Å². The van der Waals surface area contributed by atoms with Crippen molar-refractivity contribution in [3.63, 3.8) is 0 Å². The smallest absolute Gasteiger partial charge is 0.303 e. The highest BCUT2D eigenvalue weighted by atomic mass is 32.1. The van der Waals surface area contributed by atoms with Gasteiger partial charge in [-0.25, -0.2) is 0 Å². The number of benzene rings is 6.